The first-order valence-corrected chi connectivity index (χ1v) is 7.24. The highest BCUT2D eigenvalue weighted by Gasteiger charge is 2.28. The van der Waals surface area contributed by atoms with Crippen molar-refractivity contribution in [1.82, 2.24) is 4.90 Å². The van der Waals surface area contributed by atoms with Crippen LogP contribution in [0.2, 0.25) is 0 Å². The number of ether oxygens (including phenoxy) is 4. The van der Waals surface area contributed by atoms with E-state index in [0.29, 0.717) is 35.9 Å². The summed E-state index contributed by atoms with van der Waals surface area (Å²) < 4.78 is 21.5. The number of hydrogen-bond donors (Lipinski definition) is 0. The van der Waals surface area contributed by atoms with Crippen molar-refractivity contribution in [2.75, 3.05) is 34.4 Å². The molecule has 0 N–H and O–H groups in total. The van der Waals surface area contributed by atoms with E-state index >= 15 is 0 Å². The van der Waals surface area contributed by atoms with Gasteiger partial charge in [0.2, 0.25) is 5.75 Å². The molecule has 1 aromatic rings. The minimum Gasteiger partial charge on any atom is -0.493 e. The normalized spacial score (nSPS) is 21.4. The minimum absolute atomic E-state index is 0.0229. The lowest BCUT2D eigenvalue weighted by atomic mass is 10.1. The molecule has 2 atom stereocenters. The van der Waals surface area contributed by atoms with E-state index in [4.69, 9.17) is 18.9 Å². The molecular formula is C16H23NO5. The molecule has 0 aliphatic carbocycles. The second-order valence-electron chi connectivity index (χ2n) is 5.38. The van der Waals surface area contributed by atoms with Crippen LogP contribution in [0.3, 0.4) is 0 Å². The van der Waals surface area contributed by atoms with Gasteiger partial charge >= 0.3 is 0 Å². The summed E-state index contributed by atoms with van der Waals surface area (Å²) in [6.45, 7) is 5.07. The minimum atomic E-state index is -0.0683. The molecule has 0 spiro atoms. The van der Waals surface area contributed by atoms with Gasteiger partial charge in [0.25, 0.3) is 5.91 Å². The SMILES string of the molecule is COc1cc(C(=O)N2CC(C)OC(C)C2)cc(OC)c1OC. The number of benzene rings is 1. The average Bonchev–Trinajstić information content (AvgIpc) is 2.51. The number of hydrogen-bond acceptors (Lipinski definition) is 5. The molecule has 22 heavy (non-hydrogen) atoms. The summed E-state index contributed by atoms with van der Waals surface area (Å²) >= 11 is 0. The first kappa shape index (κ1) is 16.4. The third-order valence-electron chi connectivity index (χ3n) is 3.62. The fraction of sp³-hybridized carbons (Fsp3) is 0.562. The molecule has 1 fully saturated rings. The first-order chi connectivity index (χ1) is 10.5. The molecule has 1 amide bonds. The van der Waals surface area contributed by atoms with Crippen LogP contribution in [0.1, 0.15) is 24.2 Å². The van der Waals surface area contributed by atoms with E-state index in [-0.39, 0.29) is 18.1 Å². The Labute approximate surface area is 130 Å². The van der Waals surface area contributed by atoms with Crippen molar-refractivity contribution in [2.24, 2.45) is 0 Å². The van der Waals surface area contributed by atoms with E-state index in [9.17, 15) is 4.79 Å². The van der Waals surface area contributed by atoms with E-state index in [0.717, 1.165) is 0 Å². The number of carbonyl (C=O) groups is 1. The van der Waals surface area contributed by atoms with E-state index in [2.05, 4.69) is 0 Å². The summed E-state index contributed by atoms with van der Waals surface area (Å²) in [4.78, 5) is 14.5. The Bertz CT molecular complexity index is 510. The van der Waals surface area contributed by atoms with Gasteiger partial charge in [0.05, 0.1) is 33.5 Å². The molecule has 0 aromatic heterocycles. The van der Waals surface area contributed by atoms with Gasteiger partial charge in [-0.25, -0.2) is 0 Å². The zero-order valence-electron chi connectivity index (χ0n) is 13.7. The predicted molar refractivity (Wildman–Crippen MR) is 82.0 cm³/mol. The topological polar surface area (TPSA) is 57.2 Å². The third-order valence-corrected chi connectivity index (χ3v) is 3.62. The summed E-state index contributed by atoms with van der Waals surface area (Å²) in [7, 11) is 4.60. The maximum atomic E-state index is 12.7. The molecule has 0 bridgehead atoms. The van der Waals surface area contributed by atoms with Gasteiger partial charge in [0.1, 0.15) is 0 Å². The van der Waals surface area contributed by atoms with Gasteiger partial charge in [-0.1, -0.05) is 0 Å². The summed E-state index contributed by atoms with van der Waals surface area (Å²) in [5.74, 6) is 1.35. The Morgan fingerprint density at radius 1 is 1.05 bits per heavy atom. The Hall–Kier alpha value is -1.95. The van der Waals surface area contributed by atoms with Gasteiger partial charge in [-0.2, -0.15) is 0 Å². The largest absolute Gasteiger partial charge is 0.493 e. The van der Waals surface area contributed by atoms with Crippen molar-refractivity contribution in [3.8, 4) is 17.2 Å². The Morgan fingerprint density at radius 3 is 1.95 bits per heavy atom. The molecule has 2 unspecified atom stereocenters. The molecule has 1 aliphatic rings. The summed E-state index contributed by atoms with van der Waals surface area (Å²) in [6, 6.07) is 3.35. The van der Waals surface area contributed by atoms with E-state index < -0.39 is 0 Å². The molecule has 1 heterocycles. The standard InChI is InChI=1S/C16H23NO5/c1-10-8-17(9-11(2)22-10)16(18)12-6-13(19-3)15(21-5)14(7-12)20-4/h6-7,10-11H,8-9H2,1-5H3. The monoisotopic (exact) mass is 309 g/mol. The molecular weight excluding hydrogens is 286 g/mol. The van der Waals surface area contributed by atoms with Gasteiger partial charge in [-0.05, 0) is 26.0 Å². The first-order valence-electron chi connectivity index (χ1n) is 7.24. The van der Waals surface area contributed by atoms with Crippen LogP contribution < -0.4 is 14.2 Å². The molecule has 6 heteroatoms. The van der Waals surface area contributed by atoms with E-state index in [1.807, 2.05) is 13.8 Å². The van der Waals surface area contributed by atoms with Crippen LogP contribution in [0.25, 0.3) is 0 Å². The number of nitrogens with zero attached hydrogens (tertiary/aromatic N) is 1. The van der Waals surface area contributed by atoms with Crippen LogP contribution in [0.15, 0.2) is 12.1 Å². The molecule has 1 saturated heterocycles. The Kier molecular flexibility index (Phi) is 5.13. The maximum Gasteiger partial charge on any atom is 0.254 e. The van der Waals surface area contributed by atoms with Crippen LogP contribution in [-0.2, 0) is 4.74 Å². The van der Waals surface area contributed by atoms with Crippen LogP contribution in [0.4, 0.5) is 0 Å². The van der Waals surface area contributed by atoms with Crippen molar-refractivity contribution >= 4 is 5.91 Å². The van der Waals surface area contributed by atoms with Crippen LogP contribution in [-0.4, -0.2) is 57.4 Å². The zero-order valence-corrected chi connectivity index (χ0v) is 13.7. The number of amides is 1. The molecule has 2 rings (SSSR count). The molecule has 0 saturated carbocycles. The van der Waals surface area contributed by atoms with E-state index in [1.54, 1.807) is 17.0 Å². The van der Waals surface area contributed by atoms with Crippen molar-refractivity contribution in [2.45, 2.75) is 26.1 Å². The maximum absolute atomic E-state index is 12.7. The average molecular weight is 309 g/mol. The fourth-order valence-corrected chi connectivity index (χ4v) is 2.73. The fourth-order valence-electron chi connectivity index (χ4n) is 2.73. The molecule has 0 radical (unpaired) electrons. The lowest BCUT2D eigenvalue weighted by Gasteiger charge is -2.35. The molecule has 122 valence electrons. The van der Waals surface area contributed by atoms with Crippen molar-refractivity contribution in [1.29, 1.82) is 0 Å². The van der Waals surface area contributed by atoms with Crippen molar-refractivity contribution in [3.05, 3.63) is 17.7 Å². The van der Waals surface area contributed by atoms with Crippen LogP contribution in [0, 0.1) is 0 Å². The summed E-state index contributed by atoms with van der Waals surface area (Å²) in [5.41, 5.74) is 0.510. The number of methoxy groups -OCH3 is 3. The van der Waals surface area contributed by atoms with Gasteiger partial charge in [-0.15, -0.1) is 0 Å². The molecule has 1 aliphatic heterocycles. The Balaban J connectivity index is 2.33. The van der Waals surface area contributed by atoms with Gasteiger partial charge in [0, 0.05) is 18.7 Å². The number of rotatable bonds is 4. The number of morpholine rings is 1. The number of carbonyl (C=O) groups excluding carboxylic acids is 1. The second-order valence-corrected chi connectivity index (χ2v) is 5.38. The smallest absolute Gasteiger partial charge is 0.254 e. The second kappa shape index (κ2) is 6.87. The lowest BCUT2D eigenvalue weighted by Crippen LogP contribution is -2.48. The van der Waals surface area contributed by atoms with Crippen molar-refractivity contribution < 1.29 is 23.7 Å². The van der Waals surface area contributed by atoms with Gasteiger partial charge < -0.3 is 23.8 Å². The van der Waals surface area contributed by atoms with Crippen LogP contribution in [0.5, 0.6) is 17.2 Å². The third kappa shape index (κ3) is 3.27. The molecule has 6 nitrogen and oxygen atoms in total. The highest BCUT2D eigenvalue weighted by Crippen LogP contribution is 2.38. The predicted octanol–water partition coefficient (Wildman–Crippen LogP) is 1.96. The summed E-state index contributed by atoms with van der Waals surface area (Å²) in [6.07, 6.45) is 0.0458. The highest BCUT2D eigenvalue weighted by atomic mass is 16.5. The lowest BCUT2D eigenvalue weighted by molar-refractivity contribution is -0.0586. The summed E-state index contributed by atoms with van der Waals surface area (Å²) in [5, 5.41) is 0. The van der Waals surface area contributed by atoms with Gasteiger partial charge in [0.15, 0.2) is 11.5 Å². The zero-order chi connectivity index (χ0) is 16.3. The highest BCUT2D eigenvalue weighted by molar-refractivity contribution is 5.95. The van der Waals surface area contributed by atoms with Gasteiger partial charge in [-0.3, -0.25) is 4.79 Å². The van der Waals surface area contributed by atoms with E-state index in [1.165, 1.54) is 21.3 Å². The van der Waals surface area contributed by atoms with Crippen LogP contribution >= 0.6 is 0 Å². The quantitative estimate of drug-likeness (QED) is 0.851. The Morgan fingerprint density at radius 2 is 1.55 bits per heavy atom. The molecule has 1 aromatic carbocycles. The van der Waals surface area contributed by atoms with Crippen molar-refractivity contribution in [3.63, 3.8) is 0 Å².